The number of hydrogen-bond donors (Lipinski definition) is 2. The fourth-order valence-electron chi connectivity index (χ4n) is 1.35. The third-order valence-corrected chi connectivity index (χ3v) is 2.41. The molecule has 20 heavy (non-hydrogen) atoms. The Balaban J connectivity index is 0.000000204. The topological polar surface area (TPSA) is 83.8 Å². The van der Waals surface area contributed by atoms with Crippen LogP contribution in [0.1, 0.15) is 20.7 Å². The number of methoxy groups -OCH3 is 1. The van der Waals surface area contributed by atoms with E-state index < -0.39 is 0 Å². The average molecular weight is 274 g/mol. The lowest BCUT2D eigenvalue weighted by Crippen LogP contribution is -1.86. The molecule has 0 atom stereocenters. The first-order valence-corrected chi connectivity index (χ1v) is 5.67. The fraction of sp³-hybridized carbons (Fsp3) is 0.0667. The quantitative estimate of drug-likeness (QED) is 0.840. The smallest absolute Gasteiger partial charge is 0.168 e. The number of carbonyl (C=O) groups is 2. The summed E-state index contributed by atoms with van der Waals surface area (Å²) in [6.45, 7) is 0. The summed E-state index contributed by atoms with van der Waals surface area (Å²) < 4.78 is 4.78. The molecule has 0 aliphatic heterocycles. The number of hydrogen-bond acceptors (Lipinski definition) is 5. The minimum Gasteiger partial charge on any atom is -0.508 e. The predicted molar refractivity (Wildman–Crippen MR) is 73.5 cm³/mol. The second-order valence-electron chi connectivity index (χ2n) is 3.73. The van der Waals surface area contributed by atoms with E-state index in [0.717, 1.165) is 6.29 Å². The number of benzene rings is 2. The number of carbonyl (C=O) groups excluding carboxylic acids is 2. The van der Waals surface area contributed by atoms with Crippen molar-refractivity contribution in [3.8, 4) is 17.2 Å². The molecular weight excluding hydrogens is 260 g/mol. The molecule has 0 spiro atoms. The lowest BCUT2D eigenvalue weighted by Gasteiger charge is -2.02. The number of ether oxygens (including phenoxy) is 1. The second kappa shape index (κ2) is 7.58. The van der Waals surface area contributed by atoms with Gasteiger partial charge in [0.1, 0.15) is 12.0 Å². The molecule has 0 bridgehead atoms. The zero-order valence-electron chi connectivity index (χ0n) is 10.8. The summed E-state index contributed by atoms with van der Waals surface area (Å²) in [7, 11) is 1.43. The van der Waals surface area contributed by atoms with Crippen LogP contribution in [-0.2, 0) is 0 Å². The number of rotatable bonds is 3. The Morgan fingerprint density at radius 3 is 2.10 bits per heavy atom. The maximum Gasteiger partial charge on any atom is 0.168 e. The van der Waals surface area contributed by atoms with Crippen LogP contribution in [-0.4, -0.2) is 29.9 Å². The number of aromatic hydroxyl groups is 2. The van der Waals surface area contributed by atoms with Crippen LogP contribution >= 0.6 is 0 Å². The molecule has 104 valence electrons. The molecule has 2 rings (SSSR count). The Hall–Kier alpha value is -2.82. The lowest BCUT2D eigenvalue weighted by atomic mass is 10.2. The van der Waals surface area contributed by atoms with Gasteiger partial charge in [-0.2, -0.15) is 0 Å². The Morgan fingerprint density at radius 2 is 1.60 bits per heavy atom. The highest BCUT2D eigenvalue weighted by Crippen LogP contribution is 2.27. The highest BCUT2D eigenvalue weighted by atomic mass is 16.5. The second-order valence-corrected chi connectivity index (χ2v) is 3.73. The van der Waals surface area contributed by atoms with Crippen molar-refractivity contribution in [1.82, 2.24) is 0 Å². The van der Waals surface area contributed by atoms with E-state index in [0.29, 0.717) is 17.6 Å². The van der Waals surface area contributed by atoms with E-state index in [-0.39, 0.29) is 17.1 Å². The van der Waals surface area contributed by atoms with Gasteiger partial charge in [0.2, 0.25) is 0 Å². The van der Waals surface area contributed by atoms with Crippen LogP contribution in [0.15, 0.2) is 42.5 Å². The Labute approximate surface area is 116 Å². The van der Waals surface area contributed by atoms with Crippen LogP contribution in [0.25, 0.3) is 0 Å². The van der Waals surface area contributed by atoms with Gasteiger partial charge in [-0.3, -0.25) is 9.59 Å². The molecule has 0 saturated heterocycles. The molecule has 2 aromatic rings. The summed E-state index contributed by atoms with van der Waals surface area (Å²) in [5, 5.41) is 18.0. The normalized spacial score (nSPS) is 9.05. The lowest BCUT2D eigenvalue weighted by molar-refractivity contribution is 0.111. The first-order chi connectivity index (χ1) is 9.62. The number of phenolic OH excluding ortho intramolecular Hbond substituents is 2. The molecule has 0 unspecified atom stereocenters. The molecule has 5 heteroatoms. The maximum atomic E-state index is 10.3. The van der Waals surface area contributed by atoms with Gasteiger partial charge in [-0.1, -0.05) is 6.07 Å². The van der Waals surface area contributed by atoms with Crippen LogP contribution < -0.4 is 4.74 Å². The average Bonchev–Trinajstić information content (AvgIpc) is 2.49. The van der Waals surface area contributed by atoms with Crippen LogP contribution in [0.4, 0.5) is 0 Å². The van der Waals surface area contributed by atoms with E-state index in [1.807, 2.05) is 0 Å². The molecule has 5 nitrogen and oxygen atoms in total. The number of phenols is 2. The third kappa shape index (κ3) is 4.13. The van der Waals surface area contributed by atoms with Gasteiger partial charge in [0.05, 0.1) is 12.7 Å². The molecule has 0 aromatic heterocycles. The monoisotopic (exact) mass is 274 g/mol. The summed E-state index contributed by atoms with van der Waals surface area (Å²) in [5.74, 6) is 0.389. The minimum atomic E-state index is -0.106. The van der Waals surface area contributed by atoms with Crippen molar-refractivity contribution in [3.05, 3.63) is 53.6 Å². The van der Waals surface area contributed by atoms with E-state index in [1.54, 1.807) is 24.3 Å². The van der Waals surface area contributed by atoms with Gasteiger partial charge in [-0.05, 0) is 36.4 Å². The highest BCUT2D eigenvalue weighted by Gasteiger charge is 2.04. The Bertz CT molecular complexity index is 575. The summed E-state index contributed by atoms with van der Waals surface area (Å²) >= 11 is 0. The van der Waals surface area contributed by atoms with E-state index >= 15 is 0 Å². The van der Waals surface area contributed by atoms with Crippen LogP contribution in [0.3, 0.4) is 0 Å². The first kappa shape index (κ1) is 15.2. The van der Waals surface area contributed by atoms with Gasteiger partial charge in [0.25, 0.3) is 0 Å². The van der Waals surface area contributed by atoms with E-state index in [1.165, 1.54) is 25.3 Å². The van der Waals surface area contributed by atoms with Crippen molar-refractivity contribution in [2.24, 2.45) is 0 Å². The van der Waals surface area contributed by atoms with E-state index in [9.17, 15) is 14.7 Å². The third-order valence-electron chi connectivity index (χ3n) is 2.41. The van der Waals surface area contributed by atoms with Crippen molar-refractivity contribution >= 4 is 12.6 Å². The van der Waals surface area contributed by atoms with E-state index in [4.69, 9.17) is 9.84 Å². The van der Waals surface area contributed by atoms with Crippen molar-refractivity contribution in [1.29, 1.82) is 0 Å². The Morgan fingerprint density at radius 1 is 0.950 bits per heavy atom. The van der Waals surface area contributed by atoms with Crippen LogP contribution in [0.5, 0.6) is 17.2 Å². The minimum absolute atomic E-state index is 0.106. The molecule has 2 N–H and O–H groups in total. The zero-order valence-corrected chi connectivity index (χ0v) is 10.8. The van der Waals surface area contributed by atoms with Gasteiger partial charge in [0.15, 0.2) is 17.8 Å². The first-order valence-electron chi connectivity index (χ1n) is 5.67. The molecule has 2 aromatic carbocycles. The molecule has 0 saturated carbocycles. The molecule has 0 aliphatic rings. The molecule has 0 aliphatic carbocycles. The molecular formula is C15H14O5. The SMILES string of the molecule is COc1cccc(C=O)c1O.O=Cc1ccc(O)cc1. The van der Waals surface area contributed by atoms with Gasteiger partial charge >= 0.3 is 0 Å². The van der Waals surface area contributed by atoms with Crippen LogP contribution in [0.2, 0.25) is 0 Å². The van der Waals surface area contributed by atoms with Crippen molar-refractivity contribution in [2.75, 3.05) is 7.11 Å². The summed E-state index contributed by atoms with van der Waals surface area (Å²) in [4.78, 5) is 20.3. The Kier molecular flexibility index (Phi) is 5.77. The van der Waals surface area contributed by atoms with E-state index in [2.05, 4.69) is 0 Å². The summed E-state index contributed by atoms with van der Waals surface area (Å²) in [5.41, 5.74) is 0.817. The van der Waals surface area contributed by atoms with Crippen molar-refractivity contribution in [3.63, 3.8) is 0 Å². The fourth-order valence-corrected chi connectivity index (χ4v) is 1.35. The number of aldehydes is 2. The van der Waals surface area contributed by atoms with Gasteiger partial charge in [-0.25, -0.2) is 0 Å². The molecule has 0 heterocycles. The zero-order chi connectivity index (χ0) is 15.0. The summed E-state index contributed by atoms with van der Waals surface area (Å²) in [6.07, 6.45) is 1.32. The maximum absolute atomic E-state index is 10.3. The van der Waals surface area contributed by atoms with Gasteiger partial charge in [-0.15, -0.1) is 0 Å². The summed E-state index contributed by atoms with van der Waals surface area (Å²) in [6, 6.07) is 10.8. The molecule has 0 radical (unpaired) electrons. The molecule has 0 fully saturated rings. The molecule has 0 amide bonds. The largest absolute Gasteiger partial charge is 0.508 e. The van der Waals surface area contributed by atoms with Crippen molar-refractivity contribution in [2.45, 2.75) is 0 Å². The standard InChI is InChI=1S/C8H8O3.C7H6O2/c1-11-7-4-2-3-6(5-9)8(7)10;8-5-6-1-3-7(9)4-2-6/h2-5,10H,1H3;1-5,9H. The van der Waals surface area contributed by atoms with Crippen LogP contribution in [0, 0.1) is 0 Å². The van der Waals surface area contributed by atoms with Gasteiger partial charge < -0.3 is 14.9 Å². The number of para-hydroxylation sites is 1. The van der Waals surface area contributed by atoms with Gasteiger partial charge in [0, 0.05) is 5.56 Å². The highest BCUT2D eigenvalue weighted by molar-refractivity contribution is 5.80. The predicted octanol–water partition coefficient (Wildman–Crippen LogP) is 2.42. The van der Waals surface area contributed by atoms with Crippen molar-refractivity contribution < 1.29 is 24.5 Å².